The summed E-state index contributed by atoms with van der Waals surface area (Å²) in [6.07, 6.45) is 2.77. The Morgan fingerprint density at radius 3 is 2.36 bits per heavy atom. The molecule has 0 saturated heterocycles. The lowest BCUT2D eigenvalue weighted by Gasteiger charge is -2.10. The van der Waals surface area contributed by atoms with Crippen LogP contribution in [0.25, 0.3) is 0 Å². The van der Waals surface area contributed by atoms with Crippen molar-refractivity contribution in [3.63, 3.8) is 0 Å². The summed E-state index contributed by atoms with van der Waals surface area (Å²) in [5.41, 5.74) is 1.27. The van der Waals surface area contributed by atoms with Gasteiger partial charge in [0.05, 0.1) is 0 Å². The highest BCUT2D eigenvalue weighted by Gasteiger charge is 2.20. The molecule has 0 radical (unpaired) electrons. The Balaban J connectivity index is 1.38. The Morgan fingerprint density at radius 2 is 1.59 bits per heavy atom. The van der Waals surface area contributed by atoms with E-state index in [-0.39, 0.29) is 0 Å². The van der Waals surface area contributed by atoms with Crippen LogP contribution in [-0.2, 0) is 6.54 Å². The van der Waals surface area contributed by atoms with Gasteiger partial charge in [-0.3, -0.25) is 0 Å². The molecule has 116 valence electrons. The second-order valence-corrected chi connectivity index (χ2v) is 5.73. The molecule has 1 fully saturated rings. The second-order valence-electron chi connectivity index (χ2n) is 5.73. The van der Waals surface area contributed by atoms with Gasteiger partial charge in [0.2, 0.25) is 0 Å². The molecule has 2 aromatic rings. The van der Waals surface area contributed by atoms with Crippen molar-refractivity contribution in [1.82, 2.24) is 5.32 Å². The Morgan fingerprint density at radius 1 is 0.864 bits per heavy atom. The molecule has 0 unspecified atom stereocenters. The number of ether oxygens (including phenoxy) is 2. The van der Waals surface area contributed by atoms with Gasteiger partial charge in [-0.1, -0.05) is 30.3 Å². The van der Waals surface area contributed by atoms with Gasteiger partial charge in [0.15, 0.2) is 0 Å². The molecule has 0 amide bonds. The first-order valence-electron chi connectivity index (χ1n) is 8.00. The number of hydrogen-bond acceptors (Lipinski definition) is 3. The second kappa shape index (κ2) is 7.85. The summed E-state index contributed by atoms with van der Waals surface area (Å²) in [6.45, 7) is 3.15. The SMILES string of the molecule is c1ccc(OCCOc2cccc(CNCC3CC3)c2)cc1. The van der Waals surface area contributed by atoms with Gasteiger partial charge < -0.3 is 14.8 Å². The van der Waals surface area contributed by atoms with Crippen molar-refractivity contribution in [1.29, 1.82) is 0 Å². The molecular formula is C19H23NO2. The Kier molecular flexibility index (Phi) is 5.32. The highest BCUT2D eigenvalue weighted by Crippen LogP contribution is 2.27. The molecule has 0 heterocycles. The smallest absolute Gasteiger partial charge is 0.122 e. The quantitative estimate of drug-likeness (QED) is 0.717. The van der Waals surface area contributed by atoms with Crippen LogP contribution in [0.4, 0.5) is 0 Å². The van der Waals surface area contributed by atoms with Crippen LogP contribution in [0.2, 0.25) is 0 Å². The van der Waals surface area contributed by atoms with Crippen LogP contribution in [0.5, 0.6) is 11.5 Å². The normalized spacial score (nSPS) is 13.8. The standard InChI is InChI=1S/C19H23NO2/c1-2-6-18(7-3-1)21-11-12-22-19-8-4-5-17(13-19)15-20-14-16-9-10-16/h1-8,13,16,20H,9-12,14-15H2. The number of para-hydroxylation sites is 1. The molecule has 1 N–H and O–H groups in total. The van der Waals surface area contributed by atoms with Gasteiger partial charge in [-0.15, -0.1) is 0 Å². The molecule has 3 rings (SSSR count). The Hall–Kier alpha value is -2.00. The lowest BCUT2D eigenvalue weighted by atomic mass is 10.2. The molecular weight excluding hydrogens is 274 g/mol. The zero-order valence-electron chi connectivity index (χ0n) is 12.8. The van der Waals surface area contributed by atoms with Crippen molar-refractivity contribution in [2.45, 2.75) is 19.4 Å². The molecule has 0 spiro atoms. The molecule has 1 aliphatic rings. The van der Waals surface area contributed by atoms with Crippen LogP contribution in [0.1, 0.15) is 18.4 Å². The minimum absolute atomic E-state index is 0.549. The fourth-order valence-corrected chi connectivity index (χ4v) is 2.32. The zero-order chi connectivity index (χ0) is 15.0. The molecule has 2 aromatic carbocycles. The van der Waals surface area contributed by atoms with E-state index in [0.717, 1.165) is 30.5 Å². The predicted octanol–water partition coefficient (Wildman–Crippen LogP) is 3.64. The van der Waals surface area contributed by atoms with E-state index in [9.17, 15) is 0 Å². The Bertz CT molecular complexity index is 567. The van der Waals surface area contributed by atoms with Crippen LogP contribution in [0.15, 0.2) is 54.6 Å². The van der Waals surface area contributed by atoms with Gasteiger partial charge >= 0.3 is 0 Å². The summed E-state index contributed by atoms with van der Waals surface area (Å²) >= 11 is 0. The van der Waals surface area contributed by atoms with E-state index in [4.69, 9.17) is 9.47 Å². The summed E-state index contributed by atoms with van der Waals surface area (Å²) in [6, 6.07) is 18.1. The van der Waals surface area contributed by atoms with E-state index in [1.54, 1.807) is 0 Å². The van der Waals surface area contributed by atoms with Crippen molar-refractivity contribution >= 4 is 0 Å². The predicted molar refractivity (Wildman–Crippen MR) is 88.3 cm³/mol. The first-order valence-corrected chi connectivity index (χ1v) is 8.00. The number of nitrogens with one attached hydrogen (secondary N) is 1. The largest absolute Gasteiger partial charge is 0.490 e. The van der Waals surface area contributed by atoms with Gasteiger partial charge in [0, 0.05) is 6.54 Å². The topological polar surface area (TPSA) is 30.5 Å². The number of hydrogen-bond donors (Lipinski definition) is 1. The first kappa shape index (κ1) is 14.9. The van der Waals surface area contributed by atoms with E-state index >= 15 is 0 Å². The summed E-state index contributed by atoms with van der Waals surface area (Å²) in [7, 11) is 0. The first-order chi connectivity index (χ1) is 10.9. The van der Waals surface area contributed by atoms with Gasteiger partial charge in [0.1, 0.15) is 24.7 Å². The average Bonchev–Trinajstić information content (AvgIpc) is 3.37. The van der Waals surface area contributed by atoms with Crippen molar-refractivity contribution in [2.24, 2.45) is 5.92 Å². The molecule has 3 nitrogen and oxygen atoms in total. The van der Waals surface area contributed by atoms with Crippen LogP contribution >= 0.6 is 0 Å². The molecule has 22 heavy (non-hydrogen) atoms. The van der Waals surface area contributed by atoms with Crippen LogP contribution in [0, 0.1) is 5.92 Å². The molecule has 0 bridgehead atoms. The third-order valence-electron chi connectivity index (χ3n) is 3.72. The summed E-state index contributed by atoms with van der Waals surface area (Å²) in [5.74, 6) is 2.70. The molecule has 1 saturated carbocycles. The van der Waals surface area contributed by atoms with Gasteiger partial charge in [-0.2, -0.15) is 0 Å². The lowest BCUT2D eigenvalue weighted by molar-refractivity contribution is 0.217. The zero-order valence-corrected chi connectivity index (χ0v) is 12.8. The van der Waals surface area contributed by atoms with Gasteiger partial charge in [-0.25, -0.2) is 0 Å². The maximum atomic E-state index is 5.76. The van der Waals surface area contributed by atoms with E-state index in [1.807, 2.05) is 42.5 Å². The van der Waals surface area contributed by atoms with E-state index in [1.165, 1.54) is 18.4 Å². The number of rotatable bonds is 9. The minimum atomic E-state index is 0.549. The van der Waals surface area contributed by atoms with Crippen molar-refractivity contribution in [2.75, 3.05) is 19.8 Å². The molecule has 3 heteroatoms. The van der Waals surface area contributed by atoms with Crippen LogP contribution in [-0.4, -0.2) is 19.8 Å². The van der Waals surface area contributed by atoms with Gasteiger partial charge in [0.25, 0.3) is 0 Å². The summed E-state index contributed by atoms with van der Waals surface area (Å²) in [4.78, 5) is 0. The van der Waals surface area contributed by atoms with Crippen LogP contribution in [0.3, 0.4) is 0 Å². The van der Waals surface area contributed by atoms with E-state index in [2.05, 4.69) is 17.4 Å². The fourth-order valence-electron chi connectivity index (χ4n) is 2.32. The summed E-state index contributed by atoms with van der Waals surface area (Å²) in [5, 5.41) is 3.50. The fraction of sp³-hybridized carbons (Fsp3) is 0.368. The van der Waals surface area contributed by atoms with Crippen molar-refractivity contribution in [3.05, 3.63) is 60.2 Å². The number of benzene rings is 2. The molecule has 0 aliphatic heterocycles. The molecule has 1 aliphatic carbocycles. The minimum Gasteiger partial charge on any atom is -0.490 e. The average molecular weight is 297 g/mol. The van der Waals surface area contributed by atoms with E-state index in [0.29, 0.717) is 13.2 Å². The molecule has 0 aromatic heterocycles. The van der Waals surface area contributed by atoms with Gasteiger partial charge in [-0.05, 0) is 55.1 Å². The highest BCUT2D eigenvalue weighted by atomic mass is 16.5. The monoisotopic (exact) mass is 297 g/mol. The van der Waals surface area contributed by atoms with Crippen LogP contribution < -0.4 is 14.8 Å². The third kappa shape index (κ3) is 5.08. The molecule has 0 atom stereocenters. The Labute approximate surface area is 132 Å². The summed E-state index contributed by atoms with van der Waals surface area (Å²) < 4.78 is 11.4. The van der Waals surface area contributed by atoms with E-state index < -0.39 is 0 Å². The maximum absolute atomic E-state index is 5.76. The van der Waals surface area contributed by atoms with Crippen molar-refractivity contribution < 1.29 is 9.47 Å². The third-order valence-corrected chi connectivity index (χ3v) is 3.72. The lowest BCUT2D eigenvalue weighted by Crippen LogP contribution is -2.16. The van der Waals surface area contributed by atoms with Crippen molar-refractivity contribution in [3.8, 4) is 11.5 Å². The highest BCUT2D eigenvalue weighted by molar-refractivity contribution is 5.28. The maximum Gasteiger partial charge on any atom is 0.122 e.